The fourth-order valence-electron chi connectivity index (χ4n) is 6.47. The number of methoxy groups -OCH3 is 1. The van der Waals surface area contributed by atoms with E-state index in [1.165, 1.54) is 5.56 Å². The van der Waals surface area contributed by atoms with Crippen molar-refractivity contribution in [2.45, 2.75) is 64.0 Å². The van der Waals surface area contributed by atoms with Crippen molar-refractivity contribution in [2.75, 3.05) is 33.3 Å². The number of hydrogen-bond acceptors (Lipinski definition) is 4. The maximum absolute atomic E-state index is 13.5. The van der Waals surface area contributed by atoms with Crippen LogP contribution in [0.25, 0.3) is 0 Å². The number of benzene rings is 2. The van der Waals surface area contributed by atoms with Gasteiger partial charge in [0.1, 0.15) is 5.75 Å². The van der Waals surface area contributed by atoms with Gasteiger partial charge in [-0.15, -0.1) is 0 Å². The SMILES string of the molecule is COc1ccc(C(CCN2CCC3(CC2)CCN(Cc2ccc(Br)cc2)C3=O)NC(=O)C2CCCC2)cc1. The third-order valence-corrected chi connectivity index (χ3v) is 9.52. The molecule has 2 heterocycles. The number of nitrogens with one attached hydrogen (secondary N) is 1. The highest BCUT2D eigenvalue weighted by Gasteiger charge is 2.47. The summed E-state index contributed by atoms with van der Waals surface area (Å²) in [7, 11) is 1.67. The van der Waals surface area contributed by atoms with E-state index in [1.807, 2.05) is 24.3 Å². The van der Waals surface area contributed by atoms with Crippen LogP contribution in [0.3, 0.4) is 0 Å². The van der Waals surface area contributed by atoms with Crippen molar-refractivity contribution >= 4 is 27.7 Å². The molecule has 6 nitrogen and oxygen atoms in total. The average molecular weight is 583 g/mol. The first-order valence-corrected chi connectivity index (χ1v) is 15.0. The van der Waals surface area contributed by atoms with Crippen LogP contribution in [0, 0.1) is 11.3 Å². The third kappa shape index (κ3) is 6.26. The number of ether oxygens (including phenoxy) is 1. The summed E-state index contributed by atoms with van der Waals surface area (Å²) in [6.45, 7) is 4.32. The molecule has 0 radical (unpaired) electrons. The predicted molar refractivity (Wildman–Crippen MR) is 153 cm³/mol. The smallest absolute Gasteiger partial charge is 0.229 e. The standard InChI is InChI=1S/C31H40BrN3O3/c1-38-27-12-8-24(9-13-27)28(33-29(36)25-4-2-3-5-25)14-18-34-19-15-31(16-20-34)17-21-35(30(31)37)22-23-6-10-26(32)11-7-23/h6-13,25,28H,2-5,14-22H2,1H3,(H,33,36). The lowest BCUT2D eigenvalue weighted by Gasteiger charge is -2.38. The second-order valence-electron chi connectivity index (χ2n) is 11.3. The van der Waals surface area contributed by atoms with Gasteiger partial charge in [0, 0.05) is 30.0 Å². The largest absolute Gasteiger partial charge is 0.497 e. The second-order valence-corrected chi connectivity index (χ2v) is 12.2. The van der Waals surface area contributed by atoms with Crippen LogP contribution in [0.5, 0.6) is 5.75 Å². The van der Waals surface area contributed by atoms with Crippen molar-refractivity contribution in [3.8, 4) is 5.75 Å². The summed E-state index contributed by atoms with van der Waals surface area (Å²) in [5.74, 6) is 1.51. The highest BCUT2D eigenvalue weighted by Crippen LogP contribution is 2.42. The minimum atomic E-state index is -0.196. The summed E-state index contributed by atoms with van der Waals surface area (Å²) in [4.78, 5) is 31.0. The van der Waals surface area contributed by atoms with E-state index < -0.39 is 0 Å². The summed E-state index contributed by atoms with van der Waals surface area (Å²) >= 11 is 3.49. The van der Waals surface area contributed by atoms with Gasteiger partial charge in [-0.3, -0.25) is 9.59 Å². The molecule has 2 aromatic carbocycles. The molecule has 1 aliphatic carbocycles. The van der Waals surface area contributed by atoms with E-state index >= 15 is 0 Å². The van der Waals surface area contributed by atoms with E-state index in [0.717, 1.165) is 93.3 Å². The van der Waals surface area contributed by atoms with Crippen molar-refractivity contribution in [1.29, 1.82) is 0 Å². The topological polar surface area (TPSA) is 61.9 Å². The van der Waals surface area contributed by atoms with Crippen LogP contribution in [0.1, 0.15) is 68.5 Å². The number of carbonyl (C=O) groups is 2. The van der Waals surface area contributed by atoms with Gasteiger partial charge in [0.2, 0.25) is 11.8 Å². The summed E-state index contributed by atoms with van der Waals surface area (Å²) in [5, 5.41) is 3.37. The normalized spacial score (nSPS) is 20.7. The number of halogens is 1. The molecule has 1 N–H and O–H groups in total. The van der Waals surface area contributed by atoms with Crippen LogP contribution >= 0.6 is 15.9 Å². The van der Waals surface area contributed by atoms with Gasteiger partial charge >= 0.3 is 0 Å². The zero-order valence-electron chi connectivity index (χ0n) is 22.5. The van der Waals surface area contributed by atoms with E-state index in [-0.39, 0.29) is 23.3 Å². The molecule has 2 amide bonds. The molecule has 1 atom stereocenters. The summed E-state index contributed by atoms with van der Waals surface area (Å²) < 4.78 is 6.40. The Kier molecular flexibility index (Phi) is 8.74. The van der Waals surface area contributed by atoms with Crippen LogP contribution in [0.15, 0.2) is 53.0 Å². The van der Waals surface area contributed by atoms with Crippen LogP contribution in [0.4, 0.5) is 0 Å². The highest BCUT2D eigenvalue weighted by molar-refractivity contribution is 9.10. The lowest BCUT2D eigenvalue weighted by Crippen LogP contribution is -2.45. The molecule has 3 aliphatic rings. The Morgan fingerprint density at radius 3 is 2.34 bits per heavy atom. The molecule has 204 valence electrons. The molecule has 1 unspecified atom stereocenters. The van der Waals surface area contributed by atoms with E-state index in [4.69, 9.17) is 4.74 Å². The zero-order valence-corrected chi connectivity index (χ0v) is 24.0. The first-order chi connectivity index (χ1) is 18.5. The fraction of sp³-hybridized carbons (Fsp3) is 0.548. The van der Waals surface area contributed by atoms with Gasteiger partial charge in [-0.1, -0.05) is 53.0 Å². The quantitative estimate of drug-likeness (QED) is 0.412. The average Bonchev–Trinajstić information content (AvgIpc) is 3.59. The highest BCUT2D eigenvalue weighted by atomic mass is 79.9. The number of rotatable bonds is 9. The molecule has 38 heavy (non-hydrogen) atoms. The molecular formula is C31H40BrN3O3. The van der Waals surface area contributed by atoms with E-state index in [0.29, 0.717) is 12.5 Å². The lowest BCUT2D eigenvalue weighted by atomic mass is 9.77. The second kappa shape index (κ2) is 12.2. The number of likely N-dealkylation sites (tertiary alicyclic amines) is 2. The molecule has 7 heteroatoms. The molecule has 0 aromatic heterocycles. The van der Waals surface area contributed by atoms with Crippen molar-refractivity contribution in [2.24, 2.45) is 11.3 Å². The van der Waals surface area contributed by atoms with Crippen LogP contribution in [0.2, 0.25) is 0 Å². The Morgan fingerprint density at radius 2 is 1.68 bits per heavy atom. The number of nitrogens with zero attached hydrogens (tertiary/aromatic N) is 2. The lowest BCUT2D eigenvalue weighted by molar-refractivity contribution is -0.139. The number of piperidine rings is 1. The van der Waals surface area contributed by atoms with Crippen molar-refractivity contribution in [1.82, 2.24) is 15.1 Å². The minimum Gasteiger partial charge on any atom is -0.497 e. The molecule has 2 saturated heterocycles. The summed E-state index contributed by atoms with van der Waals surface area (Å²) in [6, 6.07) is 16.3. The van der Waals surface area contributed by atoms with Gasteiger partial charge in [-0.05, 0) is 87.0 Å². The van der Waals surface area contributed by atoms with Crippen molar-refractivity contribution in [3.63, 3.8) is 0 Å². The zero-order chi connectivity index (χ0) is 26.5. The Labute approximate surface area is 235 Å². The van der Waals surface area contributed by atoms with Crippen LogP contribution in [-0.2, 0) is 16.1 Å². The molecule has 5 rings (SSSR count). The number of amides is 2. The Bertz CT molecular complexity index is 1090. The van der Waals surface area contributed by atoms with Crippen molar-refractivity contribution in [3.05, 3.63) is 64.1 Å². The summed E-state index contributed by atoms with van der Waals surface area (Å²) in [6.07, 6.45) is 7.98. The molecule has 2 aliphatic heterocycles. The molecular weight excluding hydrogens is 542 g/mol. The third-order valence-electron chi connectivity index (χ3n) is 9.00. The van der Waals surface area contributed by atoms with Gasteiger partial charge in [0.15, 0.2) is 0 Å². The maximum atomic E-state index is 13.5. The molecule has 1 saturated carbocycles. The number of carbonyl (C=O) groups excluding carboxylic acids is 2. The van der Waals surface area contributed by atoms with Crippen LogP contribution < -0.4 is 10.1 Å². The van der Waals surface area contributed by atoms with E-state index in [9.17, 15) is 9.59 Å². The van der Waals surface area contributed by atoms with E-state index in [2.05, 4.69) is 55.3 Å². The molecule has 2 aromatic rings. The number of hydrogen-bond donors (Lipinski definition) is 1. The Balaban J connectivity index is 1.16. The monoisotopic (exact) mass is 581 g/mol. The first kappa shape index (κ1) is 27.2. The maximum Gasteiger partial charge on any atom is 0.229 e. The van der Waals surface area contributed by atoms with Gasteiger partial charge in [0.05, 0.1) is 18.6 Å². The fourth-order valence-corrected chi connectivity index (χ4v) is 6.73. The predicted octanol–water partition coefficient (Wildman–Crippen LogP) is 5.71. The Hall–Kier alpha value is -2.38. The van der Waals surface area contributed by atoms with Gasteiger partial charge in [-0.25, -0.2) is 0 Å². The molecule has 1 spiro atoms. The molecule has 0 bridgehead atoms. The Morgan fingerprint density at radius 1 is 1.03 bits per heavy atom. The van der Waals surface area contributed by atoms with Gasteiger partial charge in [-0.2, -0.15) is 0 Å². The minimum absolute atomic E-state index is 0.0144. The van der Waals surface area contributed by atoms with Gasteiger partial charge < -0.3 is 19.9 Å². The molecule has 3 fully saturated rings. The first-order valence-electron chi connectivity index (χ1n) is 14.2. The van der Waals surface area contributed by atoms with Crippen LogP contribution in [-0.4, -0.2) is 54.9 Å². The van der Waals surface area contributed by atoms with E-state index in [1.54, 1.807) is 7.11 Å². The van der Waals surface area contributed by atoms with Crippen molar-refractivity contribution < 1.29 is 14.3 Å². The summed E-state index contributed by atoms with van der Waals surface area (Å²) in [5.41, 5.74) is 2.11. The van der Waals surface area contributed by atoms with Gasteiger partial charge in [0.25, 0.3) is 0 Å².